The second kappa shape index (κ2) is 8.35. The van der Waals surface area contributed by atoms with Crippen LogP contribution in [-0.4, -0.2) is 54.8 Å². The molecule has 140 valence electrons. The Balaban J connectivity index is 1.19. The quantitative estimate of drug-likeness (QED) is 0.803. The molecule has 0 aromatic heterocycles. The number of carbonyl (C=O) groups is 1. The van der Waals surface area contributed by atoms with Crippen molar-refractivity contribution in [2.24, 2.45) is 5.92 Å². The second-order valence-corrected chi connectivity index (χ2v) is 8.34. The Hall–Kier alpha value is -1.66. The van der Waals surface area contributed by atoms with Gasteiger partial charge in [-0.3, -0.25) is 9.69 Å². The molecule has 2 saturated heterocycles. The SMILES string of the molecule is O=C(/C=C/c1ccc2c(c1)OCO2)NCC1CCN(C2CCSC2)CC1. The van der Waals surface area contributed by atoms with Crippen LogP contribution in [0.3, 0.4) is 0 Å². The number of amides is 1. The predicted molar refractivity (Wildman–Crippen MR) is 105 cm³/mol. The van der Waals surface area contributed by atoms with Crippen molar-refractivity contribution >= 4 is 23.7 Å². The van der Waals surface area contributed by atoms with E-state index in [9.17, 15) is 4.79 Å². The molecular formula is C20H26N2O3S. The number of fused-ring (bicyclic) bond motifs is 1. The van der Waals surface area contributed by atoms with Gasteiger partial charge in [-0.1, -0.05) is 6.07 Å². The van der Waals surface area contributed by atoms with E-state index >= 15 is 0 Å². The minimum absolute atomic E-state index is 0.0303. The summed E-state index contributed by atoms with van der Waals surface area (Å²) in [6, 6.07) is 6.48. The van der Waals surface area contributed by atoms with Gasteiger partial charge in [-0.05, 0) is 67.8 Å². The van der Waals surface area contributed by atoms with Crippen molar-refractivity contribution in [3.63, 3.8) is 0 Å². The third-order valence-corrected chi connectivity index (χ3v) is 6.60. The summed E-state index contributed by atoms with van der Waals surface area (Å²) in [6.45, 7) is 3.40. The van der Waals surface area contributed by atoms with Crippen molar-refractivity contribution in [2.75, 3.05) is 37.9 Å². The lowest BCUT2D eigenvalue weighted by Crippen LogP contribution is -2.43. The Morgan fingerprint density at radius 3 is 2.88 bits per heavy atom. The first-order chi connectivity index (χ1) is 12.8. The number of likely N-dealkylation sites (tertiary alicyclic amines) is 1. The smallest absolute Gasteiger partial charge is 0.244 e. The summed E-state index contributed by atoms with van der Waals surface area (Å²) in [6.07, 6.45) is 7.14. The van der Waals surface area contributed by atoms with Crippen LogP contribution in [0.5, 0.6) is 11.5 Å². The molecule has 1 atom stereocenters. The highest BCUT2D eigenvalue weighted by molar-refractivity contribution is 7.99. The first-order valence-electron chi connectivity index (χ1n) is 9.45. The molecule has 0 bridgehead atoms. The van der Waals surface area contributed by atoms with Gasteiger partial charge in [0, 0.05) is 24.4 Å². The van der Waals surface area contributed by atoms with Crippen LogP contribution in [0.2, 0.25) is 0 Å². The van der Waals surface area contributed by atoms with Crippen molar-refractivity contribution in [3.8, 4) is 11.5 Å². The zero-order valence-corrected chi connectivity index (χ0v) is 15.8. The summed E-state index contributed by atoms with van der Waals surface area (Å²) in [5.41, 5.74) is 0.937. The lowest BCUT2D eigenvalue weighted by Gasteiger charge is -2.35. The van der Waals surface area contributed by atoms with Crippen LogP contribution in [0, 0.1) is 5.92 Å². The summed E-state index contributed by atoms with van der Waals surface area (Å²) in [4.78, 5) is 14.7. The van der Waals surface area contributed by atoms with Gasteiger partial charge in [0.2, 0.25) is 12.7 Å². The third-order valence-electron chi connectivity index (χ3n) is 5.46. The Bertz CT molecular complexity index is 665. The van der Waals surface area contributed by atoms with Gasteiger partial charge >= 0.3 is 0 Å². The van der Waals surface area contributed by atoms with Gasteiger partial charge in [0.05, 0.1) is 0 Å². The molecular weight excluding hydrogens is 348 g/mol. The predicted octanol–water partition coefficient (Wildman–Crippen LogP) is 2.76. The lowest BCUT2D eigenvalue weighted by atomic mass is 9.95. The molecule has 0 saturated carbocycles. The van der Waals surface area contributed by atoms with E-state index in [1.54, 1.807) is 6.08 Å². The molecule has 3 heterocycles. The van der Waals surface area contributed by atoms with Crippen molar-refractivity contribution in [3.05, 3.63) is 29.8 Å². The van der Waals surface area contributed by atoms with Crippen LogP contribution in [0.4, 0.5) is 0 Å². The zero-order valence-electron chi connectivity index (χ0n) is 15.0. The minimum Gasteiger partial charge on any atom is -0.454 e. The number of rotatable bonds is 5. The fraction of sp³-hybridized carbons (Fsp3) is 0.550. The summed E-state index contributed by atoms with van der Waals surface area (Å²) < 4.78 is 10.7. The number of benzene rings is 1. The largest absolute Gasteiger partial charge is 0.454 e. The van der Waals surface area contributed by atoms with Gasteiger partial charge in [0.25, 0.3) is 0 Å². The molecule has 3 aliphatic heterocycles. The summed E-state index contributed by atoms with van der Waals surface area (Å²) in [7, 11) is 0. The van der Waals surface area contributed by atoms with Gasteiger partial charge in [0.1, 0.15) is 0 Å². The highest BCUT2D eigenvalue weighted by atomic mass is 32.2. The van der Waals surface area contributed by atoms with Crippen LogP contribution in [0.15, 0.2) is 24.3 Å². The average Bonchev–Trinajstić information content (AvgIpc) is 3.36. The number of piperidine rings is 1. The molecule has 2 fully saturated rings. The average molecular weight is 375 g/mol. The summed E-state index contributed by atoms with van der Waals surface area (Å²) in [5, 5.41) is 3.06. The molecule has 3 aliphatic rings. The molecule has 5 nitrogen and oxygen atoms in total. The first-order valence-corrected chi connectivity index (χ1v) is 10.6. The Morgan fingerprint density at radius 1 is 1.23 bits per heavy atom. The fourth-order valence-corrected chi connectivity index (χ4v) is 5.08. The van der Waals surface area contributed by atoms with E-state index in [-0.39, 0.29) is 12.7 Å². The number of ether oxygens (including phenoxy) is 2. The second-order valence-electron chi connectivity index (χ2n) is 7.19. The summed E-state index contributed by atoms with van der Waals surface area (Å²) >= 11 is 2.08. The highest BCUT2D eigenvalue weighted by Gasteiger charge is 2.27. The molecule has 0 spiro atoms. The molecule has 1 unspecified atom stereocenters. The fourth-order valence-electron chi connectivity index (χ4n) is 3.82. The van der Waals surface area contributed by atoms with Gasteiger partial charge in [-0.25, -0.2) is 0 Å². The highest BCUT2D eigenvalue weighted by Crippen LogP contribution is 2.32. The zero-order chi connectivity index (χ0) is 17.8. The molecule has 6 heteroatoms. The topological polar surface area (TPSA) is 50.8 Å². The van der Waals surface area contributed by atoms with E-state index in [0.29, 0.717) is 5.92 Å². The van der Waals surface area contributed by atoms with E-state index in [4.69, 9.17) is 9.47 Å². The number of nitrogens with one attached hydrogen (secondary N) is 1. The molecule has 0 aliphatic carbocycles. The first kappa shape index (κ1) is 17.7. The Labute approximate surface area is 159 Å². The van der Waals surface area contributed by atoms with Gasteiger partial charge in [-0.15, -0.1) is 0 Å². The van der Waals surface area contributed by atoms with E-state index < -0.39 is 0 Å². The van der Waals surface area contributed by atoms with Crippen LogP contribution in [-0.2, 0) is 4.79 Å². The maximum Gasteiger partial charge on any atom is 0.244 e. The molecule has 0 radical (unpaired) electrons. The maximum atomic E-state index is 12.1. The summed E-state index contributed by atoms with van der Waals surface area (Å²) in [5.74, 6) is 4.68. The third kappa shape index (κ3) is 4.35. The van der Waals surface area contributed by atoms with E-state index in [2.05, 4.69) is 22.0 Å². The number of nitrogens with zero attached hydrogens (tertiary/aromatic N) is 1. The van der Waals surface area contributed by atoms with E-state index in [0.717, 1.165) is 29.6 Å². The minimum atomic E-state index is -0.0303. The molecule has 26 heavy (non-hydrogen) atoms. The lowest BCUT2D eigenvalue weighted by molar-refractivity contribution is -0.116. The Kier molecular flexibility index (Phi) is 5.70. The van der Waals surface area contributed by atoms with Crippen LogP contribution in [0.1, 0.15) is 24.8 Å². The van der Waals surface area contributed by atoms with Crippen LogP contribution >= 0.6 is 11.8 Å². The molecule has 4 rings (SSSR count). The van der Waals surface area contributed by atoms with Gasteiger partial charge < -0.3 is 14.8 Å². The standard InChI is InChI=1S/C20H26N2O3S/c23-20(4-2-15-1-3-18-19(11-15)25-14-24-18)21-12-16-5-8-22(9-6-16)17-7-10-26-13-17/h1-4,11,16-17H,5-10,12-14H2,(H,21,23)/b4-2+. The monoisotopic (exact) mass is 374 g/mol. The van der Waals surface area contributed by atoms with Crippen molar-refractivity contribution < 1.29 is 14.3 Å². The van der Waals surface area contributed by atoms with Crippen molar-refractivity contribution in [1.82, 2.24) is 10.2 Å². The van der Waals surface area contributed by atoms with E-state index in [1.165, 1.54) is 43.9 Å². The number of hydrogen-bond acceptors (Lipinski definition) is 5. The van der Waals surface area contributed by atoms with Crippen LogP contribution < -0.4 is 14.8 Å². The van der Waals surface area contributed by atoms with Gasteiger partial charge in [-0.2, -0.15) is 11.8 Å². The normalized spacial score (nSPS) is 23.6. The Morgan fingerprint density at radius 2 is 2.08 bits per heavy atom. The van der Waals surface area contributed by atoms with Crippen molar-refractivity contribution in [2.45, 2.75) is 25.3 Å². The number of hydrogen-bond donors (Lipinski definition) is 1. The number of thioether (sulfide) groups is 1. The van der Waals surface area contributed by atoms with E-state index in [1.807, 2.05) is 24.3 Å². The van der Waals surface area contributed by atoms with Crippen LogP contribution in [0.25, 0.3) is 6.08 Å². The molecule has 1 amide bonds. The molecule has 1 aromatic carbocycles. The number of carbonyl (C=O) groups excluding carboxylic acids is 1. The van der Waals surface area contributed by atoms with Gasteiger partial charge in [0.15, 0.2) is 11.5 Å². The van der Waals surface area contributed by atoms with Crippen molar-refractivity contribution in [1.29, 1.82) is 0 Å². The molecule has 1 aromatic rings. The maximum absolute atomic E-state index is 12.1. The molecule has 1 N–H and O–H groups in total.